The lowest BCUT2D eigenvalue weighted by Gasteiger charge is -2.12. The Bertz CT molecular complexity index is 3820. The third kappa shape index (κ3) is 6.35. The van der Waals surface area contributed by atoms with E-state index in [0.717, 1.165) is 94.0 Å². The van der Waals surface area contributed by atoms with Crippen molar-refractivity contribution in [2.75, 3.05) is 0 Å². The first kappa shape index (κ1) is 37.3. The molecule has 0 aliphatic rings. The van der Waals surface area contributed by atoms with Gasteiger partial charge in [0.25, 0.3) is 0 Å². The number of amidine groups is 2. The van der Waals surface area contributed by atoms with E-state index in [1.54, 1.807) is 0 Å². The Kier molecular flexibility index (Phi) is 8.83. The topological polar surface area (TPSA) is 81.9 Å². The van der Waals surface area contributed by atoms with Gasteiger partial charge in [0.1, 0.15) is 28.2 Å². The molecule has 304 valence electrons. The van der Waals surface area contributed by atoms with Crippen molar-refractivity contribution in [3.63, 3.8) is 0 Å². The van der Waals surface area contributed by atoms with E-state index in [2.05, 4.69) is 163 Å². The van der Waals surface area contributed by atoms with Crippen LogP contribution in [0, 0.1) is 0 Å². The third-order valence-corrected chi connectivity index (χ3v) is 12.4. The van der Waals surface area contributed by atoms with Crippen molar-refractivity contribution in [3.05, 3.63) is 223 Å². The second-order valence-electron chi connectivity index (χ2n) is 16.3. The molecule has 0 bridgehead atoms. The summed E-state index contributed by atoms with van der Waals surface area (Å²) in [7, 11) is 0. The van der Waals surface area contributed by atoms with Gasteiger partial charge < -0.3 is 19.1 Å². The normalized spacial score (nSPS) is 13.0. The number of benzene rings is 9. The van der Waals surface area contributed by atoms with Gasteiger partial charge in [-0.25, -0.2) is 4.99 Å². The van der Waals surface area contributed by atoms with E-state index in [0.29, 0.717) is 11.7 Å². The summed E-state index contributed by atoms with van der Waals surface area (Å²) in [5.74, 6) is 0.838. The molecule has 0 saturated heterocycles. The highest BCUT2D eigenvalue weighted by Gasteiger charge is 2.19. The van der Waals surface area contributed by atoms with Crippen molar-refractivity contribution in [1.29, 1.82) is 0 Å². The lowest BCUT2D eigenvalue weighted by Crippen LogP contribution is -2.16. The minimum atomic E-state index is -0.242. The van der Waals surface area contributed by atoms with Gasteiger partial charge in [-0.1, -0.05) is 133 Å². The number of fused-ring (bicyclic) bond motifs is 9. The van der Waals surface area contributed by atoms with Crippen LogP contribution in [0.25, 0.3) is 93.6 Å². The molecule has 1 unspecified atom stereocenters. The summed E-state index contributed by atoms with van der Waals surface area (Å²) < 4.78 is 15.3. The number of aliphatic imine (C=N–C) groups is 2. The largest absolute Gasteiger partial charge is 0.456 e. The summed E-state index contributed by atoms with van der Waals surface area (Å²) in [5, 5.41) is 6.57. The molecule has 9 aromatic carbocycles. The molecule has 3 aromatic heterocycles. The highest BCUT2D eigenvalue weighted by molar-refractivity contribution is 6.18. The second-order valence-corrected chi connectivity index (χ2v) is 16.3. The quantitative estimate of drug-likeness (QED) is 0.128. The first-order valence-electron chi connectivity index (χ1n) is 21.6. The van der Waals surface area contributed by atoms with Gasteiger partial charge in [-0.15, -0.1) is 0 Å². The minimum Gasteiger partial charge on any atom is -0.456 e. The van der Waals surface area contributed by atoms with Crippen LogP contribution >= 0.6 is 0 Å². The Labute approximate surface area is 368 Å². The maximum atomic E-state index is 6.90. The summed E-state index contributed by atoms with van der Waals surface area (Å²) in [6, 6.07) is 71.2. The molecule has 0 aliphatic heterocycles. The zero-order valence-electron chi connectivity index (χ0n) is 34.9. The fourth-order valence-electron chi connectivity index (χ4n) is 9.30. The Morgan fingerprint density at radius 2 is 1.11 bits per heavy atom. The Hall–Kier alpha value is -8.48. The van der Waals surface area contributed by atoms with E-state index >= 15 is 0 Å². The van der Waals surface area contributed by atoms with E-state index in [1.807, 2.05) is 54.6 Å². The monoisotopic (exact) mass is 824 g/mol. The molecule has 6 heteroatoms. The molecule has 0 saturated carbocycles. The number of nitrogens with two attached hydrogens (primary N) is 1. The van der Waals surface area contributed by atoms with E-state index < -0.39 is 0 Å². The number of hydrogen-bond donors (Lipinski definition) is 1. The van der Waals surface area contributed by atoms with Crippen LogP contribution in [-0.2, 0) is 0 Å². The van der Waals surface area contributed by atoms with Gasteiger partial charge in [0, 0.05) is 49.1 Å². The van der Waals surface area contributed by atoms with E-state index in [9.17, 15) is 0 Å². The summed E-state index contributed by atoms with van der Waals surface area (Å²) >= 11 is 0. The molecule has 0 spiro atoms. The Balaban J connectivity index is 0.977. The molecule has 6 nitrogen and oxygen atoms in total. The third-order valence-electron chi connectivity index (χ3n) is 12.4. The van der Waals surface area contributed by atoms with Gasteiger partial charge in [-0.05, 0) is 108 Å². The first-order valence-corrected chi connectivity index (χ1v) is 21.6. The van der Waals surface area contributed by atoms with Gasteiger partial charge in [-0.2, -0.15) is 0 Å². The van der Waals surface area contributed by atoms with Crippen LogP contribution in [0.5, 0.6) is 0 Å². The van der Waals surface area contributed by atoms with Gasteiger partial charge in [-0.3, -0.25) is 4.99 Å². The van der Waals surface area contributed by atoms with Crippen molar-refractivity contribution in [1.82, 2.24) is 4.57 Å². The minimum absolute atomic E-state index is 0.242. The molecule has 0 aliphatic carbocycles. The van der Waals surface area contributed by atoms with Crippen molar-refractivity contribution >= 4 is 77.4 Å². The van der Waals surface area contributed by atoms with Crippen LogP contribution in [0.1, 0.15) is 29.7 Å². The zero-order valence-corrected chi connectivity index (χ0v) is 34.9. The summed E-state index contributed by atoms with van der Waals surface area (Å²) in [6.45, 7) is 2.09. The number of hydrogen-bond acceptors (Lipinski definition) is 3. The van der Waals surface area contributed by atoms with Crippen molar-refractivity contribution in [3.8, 4) is 27.9 Å². The lowest BCUT2D eigenvalue weighted by molar-refractivity contribution is 0.668. The van der Waals surface area contributed by atoms with Gasteiger partial charge in [0.2, 0.25) is 0 Å². The molecule has 0 radical (unpaired) electrons. The zero-order chi connectivity index (χ0) is 42.7. The van der Waals surface area contributed by atoms with Crippen LogP contribution in [-0.4, -0.2) is 16.2 Å². The highest BCUT2D eigenvalue weighted by Crippen LogP contribution is 2.40. The second kappa shape index (κ2) is 15.2. The van der Waals surface area contributed by atoms with Crippen LogP contribution in [0.2, 0.25) is 0 Å². The fraction of sp³-hybridized carbons (Fsp3) is 0.0345. The molecule has 64 heavy (non-hydrogen) atoms. The van der Waals surface area contributed by atoms with Crippen LogP contribution in [0.15, 0.2) is 225 Å². The lowest BCUT2D eigenvalue weighted by atomic mass is 9.97. The predicted octanol–water partition coefficient (Wildman–Crippen LogP) is 14.8. The smallest absolute Gasteiger partial charge is 0.157 e. The molecule has 2 N–H and O–H groups in total. The number of aromatic nitrogens is 1. The Morgan fingerprint density at radius 1 is 0.469 bits per heavy atom. The molecule has 12 rings (SSSR count). The number of rotatable bonds is 7. The number of nitrogens with zero attached hydrogens (tertiary/aromatic N) is 3. The Morgan fingerprint density at radius 3 is 1.98 bits per heavy atom. The van der Waals surface area contributed by atoms with E-state index in [1.165, 1.54) is 16.3 Å². The molecular formula is C58H40N4O2. The van der Waals surface area contributed by atoms with E-state index in [-0.39, 0.29) is 6.04 Å². The molecule has 12 aromatic rings. The molecular weight excluding hydrogens is 785 g/mol. The van der Waals surface area contributed by atoms with Crippen molar-refractivity contribution < 1.29 is 8.83 Å². The van der Waals surface area contributed by atoms with Gasteiger partial charge >= 0.3 is 0 Å². The average molecular weight is 825 g/mol. The molecule has 0 fully saturated rings. The van der Waals surface area contributed by atoms with E-state index in [4.69, 9.17) is 24.6 Å². The van der Waals surface area contributed by atoms with Gasteiger partial charge in [0.15, 0.2) is 5.84 Å². The van der Waals surface area contributed by atoms with Crippen LogP contribution < -0.4 is 5.73 Å². The molecule has 1 atom stereocenters. The van der Waals surface area contributed by atoms with Crippen LogP contribution in [0.4, 0.5) is 0 Å². The standard InChI is InChI=1S/C58H40N4O2/c1-36(38-16-12-17-39(32-38)37-14-4-2-5-15-37)60-58(61-57(59)41-26-29-47-46-21-9-11-24-52(46)63-54(47)34-41)42-27-30-48-55(35-42)64-53-25-13-22-44(56(48)53)40-28-31-51-49(33-40)45-20-8-10-23-50(45)62(51)43-18-6-3-7-19-43/h2-36H,1H3,(H2,59,60,61). The summed E-state index contributed by atoms with van der Waals surface area (Å²) in [6.07, 6.45) is 0. The number of furan rings is 2. The average Bonchev–Trinajstić information content (AvgIpc) is 4.03. The van der Waals surface area contributed by atoms with Gasteiger partial charge in [0.05, 0.1) is 17.1 Å². The number of para-hydroxylation sites is 3. The predicted molar refractivity (Wildman–Crippen MR) is 265 cm³/mol. The summed E-state index contributed by atoms with van der Waals surface area (Å²) in [5.41, 5.74) is 20.6. The van der Waals surface area contributed by atoms with Crippen LogP contribution in [0.3, 0.4) is 0 Å². The molecule has 3 heterocycles. The van der Waals surface area contributed by atoms with Crippen molar-refractivity contribution in [2.45, 2.75) is 13.0 Å². The molecule has 0 amide bonds. The first-order chi connectivity index (χ1) is 31.5. The maximum Gasteiger partial charge on any atom is 0.157 e. The summed E-state index contributed by atoms with van der Waals surface area (Å²) in [4.78, 5) is 10.4. The maximum absolute atomic E-state index is 6.90. The SMILES string of the molecule is CC(/N=C(\N=C(/N)c1ccc2c(c1)oc1ccccc12)c1ccc2c(c1)oc1cccc(-c3ccc4c(c3)c3ccccc3n4-c3ccccc3)c12)c1cccc(-c2ccccc2)c1. The van der Waals surface area contributed by atoms with Crippen molar-refractivity contribution in [2.24, 2.45) is 15.7 Å². The highest BCUT2D eigenvalue weighted by atomic mass is 16.3. The fourth-order valence-corrected chi connectivity index (χ4v) is 9.30.